The van der Waals surface area contributed by atoms with Gasteiger partial charge in [-0.15, -0.1) is 6.58 Å². The number of aliphatic hydroxyl groups is 1. The summed E-state index contributed by atoms with van der Waals surface area (Å²) in [7, 11) is 0. The highest BCUT2D eigenvalue weighted by molar-refractivity contribution is 7.80. The molecule has 1 unspecified atom stereocenters. The molecule has 0 aliphatic rings. The molecule has 1 atom stereocenters. The van der Waals surface area contributed by atoms with Crippen LogP contribution in [0.1, 0.15) is 23.5 Å². The summed E-state index contributed by atoms with van der Waals surface area (Å²) in [5.41, 5.74) is 2.31. The largest absolute Gasteiger partial charge is 0.502 e. The van der Waals surface area contributed by atoms with Crippen LogP contribution in [0.5, 0.6) is 0 Å². The fourth-order valence-corrected chi connectivity index (χ4v) is 2.77. The first-order chi connectivity index (χ1) is 9.74. The molecule has 0 amide bonds. The maximum atomic E-state index is 9.92. The van der Waals surface area contributed by atoms with Gasteiger partial charge >= 0.3 is 0 Å². The highest BCUT2D eigenvalue weighted by Crippen LogP contribution is 2.34. The number of hydrogen-bond acceptors (Lipinski definition) is 1. The molecule has 0 fully saturated rings. The van der Waals surface area contributed by atoms with E-state index in [0.717, 1.165) is 11.1 Å². The summed E-state index contributed by atoms with van der Waals surface area (Å²) in [5, 5.41) is 9.96. The Bertz CT molecular complexity index is 523. The van der Waals surface area contributed by atoms with Crippen LogP contribution in [-0.2, 0) is 0 Å². The van der Waals surface area contributed by atoms with Crippen molar-refractivity contribution in [1.29, 1.82) is 0 Å². The maximum Gasteiger partial charge on any atom is 0.160 e. The standard InChI is InChI=1S/C18H18OS/c1-2-9-16(18(19)20)17(14-10-5-3-6-11-14)15-12-7-4-8-13-15/h2-8,10-13,16-17H,1,9H2,(H,19,20). The molecule has 0 aliphatic heterocycles. The van der Waals surface area contributed by atoms with Gasteiger partial charge in [-0.2, -0.15) is 0 Å². The van der Waals surface area contributed by atoms with Crippen molar-refractivity contribution in [3.63, 3.8) is 0 Å². The van der Waals surface area contributed by atoms with E-state index in [1.807, 2.05) is 42.5 Å². The van der Waals surface area contributed by atoms with Gasteiger partial charge in [0.15, 0.2) is 5.05 Å². The van der Waals surface area contributed by atoms with Crippen molar-refractivity contribution in [1.82, 2.24) is 0 Å². The number of allylic oxidation sites excluding steroid dienone is 1. The Morgan fingerprint density at radius 1 is 1.00 bits per heavy atom. The van der Waals surface area contributed by atoms with Crippen molar-refractivity contribution in [2.24, 2.45) is 5.92 Å². The van der Waals surface area contributed by atoms with Crippen molar-refractivity contribution in [3.05, 3.63) is 84.4 Å². The fraction of sp³-hybridized carbons (Fsp3) is 0.167. The number of rotatable bonds is 6. The van der Waals surface area contributed by atoms with Crippen molar-refractivity contribution >= 4 is 17.3 Å². The van der Waals surface area contributed by atoms with Crippen molar-refractivity contribution in [3.8, 4) is 0 Å². The van der Waals surface area contributed by atoms with Gasteiger partial charge in [0, 0.05) is 11.8 Å². The number of hydrogen-bond donors (Lipinski definition) is 1. The molecule has 0 aliphatic carbocycles. The quantitative estimate of drug-likeness (QED) is 0.601. The Labute approximate surface area is 125 Å². The highest BCUT2D eigenvalue weighted by Gasteiger charge is 2.27. The van der Waals surface area contributed by atoms with Gasteiger partial charge in [-0.1, -0.05) is 66.7 Å². The third kappa shape index (κ3) is 3.34. The van der Waals surface area contributed by atoms with Crippen LogP contribution in [0.2, 0.25) is 0 Å². The van der Waals surface area contributed by atoms with E-state index in [1.54, 1.807) is 0 Å². The molecule has 2 aromatic carbocycles. The molecule has 1 N–H and O–H groups in total. The minimum absolute atomic E-state index is 0.0441. The second-order valence-electron chi connectivity index (χ2n) is 4.77. The molecule has 0 saturated heterocycles. The fourth-order valence-electron chi connectivity index (χ4n) is 2.54. The molecule has 102 valence electrons. The van der Waals surface area contributed by atoms with E-state index in [9.17, 15) is 5.11 Å². The Morgan fingerprint density at radius 2 is 1.45 bits per heavy atom. The highest BCUT2D eigenvalue weighted by atomic mass is 32.1. The van der Waals surface area contributed by atoms with Gasteiger partial charge in [0.1, 0.15) is 0 Å². The summed E-state index contributed by atoms with van der Waals surface area (Å²) in [5.74, 6) is -0.0831. The lowest BCUT2D eigenvalue weighted by molar-refractivity contribution is 0.471. The van der Waals surface area contributed by atoms with Gasteiger partial charge < -0.3 is 5.11 Å². The van der Waals surface area contributed by atoms with Gasteiger partial charge in [0.2, 0.25) is 0 Å². The van der Waals surface area contributed by atoms with Gasteiger partial charge in [0.05, 0.1) is 0 Å². The van der Waals surface area contributed by atoms with E-state index in [4.69, 9.17) is 12.2 Å². The van der Waals surface area contributed by atoms with Crippen LogP contribution >= 0.6 is 12.2 Å². The normalized spacial score (nSPS) is 12.1. The monoisotopic (exact) mass is 282 g/mol. The van der Waals surface area contributed by atoms with Crippen molar-refractivity contribution < 1.29 is 5.11 Å². The molecule has 1 nitrogen and oxygen atoms in total. The SMILES string of the molecule is C=CCC(C(O)=S)C(c1ccccc1)c1ccccc1. The molecule has 0 radical (unpaired) electrons. The lowest BCUT2D eigenvalue weighted by Crippen LogP contribution is -2.21. The predicted molar refractivity (Wildman–Crippen MR) is 88.3 cm³/mol. The topological polar surface area (TPSA) is 20.2 Å². The molecule has 0 heterocycles. The Balaban J connectivity index is 2.49. The predicted octanol–water partition coefficient (Wildman–Crippen LogP) is 4.90. The van der Waals surface area contributed by atoms with Crippen molar-refractivity contribution in [2.75, 3.05) is 0 Å². The average Bonchev–Trinajstić information content (AvgIpc) is 2.49. The maximum absolute atomic E-state index is 9.92. The first-order valence-electron chi connectivity index (χ1n) is 6.67. The molecule has 2 heteroatoms. The van der Waals surface area contributed by atoms with Crippen LogP contribution < -0.4 is 0 Å². The van der Waals surface area contributed by atoms with E-state index in [0.29, 0.717) is 6.42 Å². The summed E-state index contributed by atoms with van der Waals surface area (Å²) in [4.78, 5) is 0. The Hall–Kier alpha value is -1.93. The smallest absolute Gasteiger partial charge is 0.160 e. The van der Waals surface area contributed by atoms with Crippen molar-refractivity contribution in [2.45, 2.75) is 12.3 Å². The van der Waals surface area contributed by atoms with Crippen LogP contribution in [0.3, 0.4) is 0 Å². The first kappa shape index (κ1) is 14.5. The summed E-state index contributed by atoms with van der Waals surface area (Å²) < 4.78 is 0. The summed E-state index contributed by atoms with van der Waals surface area (Å²) in [6.07, 6.45) is 2.47. The van der Waals surface area contributed by atoms with Crippen LogP contribution in [-0.4, -0.2) is 10.2 Å². The molecule has 2 aromatic rings. The molecular formula is C18H18OS. The number of aliphatic hydroxyl groups excluding tert-OH is 1. The molecular weight excluding hydrogens is 264 g/mol. The van der Waals surface area contributed by atoms with Gasteiger partial charge in [-0.25, -0.2) is 0 Å². The molecule has 0 spiro atoms. The molecule has 20 heavy (non-hydrogen) atoms. The molecule has 0 saturated carbocycles. The van der Waals surface area contributed by atoms with Crippen LogP contribution in [0.15, 0.2) is 73.3 Å². The summed E-state index contributed by atoms with van der Waals surface area (Å²) >= 11 is 5.07. The van der Waals surface area contributed by atoms with Crippen LogP contribution in [0.25, 0.3) is 0 Å². The zero-order chi connectivity index (χ0) is 14.4. The zero-order valence-corrected chi connectivity index (χ0v) is 12.1. The summed E-state index contributed by atoms with van der Waals surface area (Å²) in [6.45, 7) is 3.78. The van der Waals surface area contributed by atoms with Crippen LogP contribution in [0, 0.1) is 5.92 Å². The molecule has 0 aromatic heterocycles. The van der Waals surface area contributed by atoms with E-state index in [2.05, 4.69) is 30.8 Å². The Kier molecular flexibility index (Phi) is 5.08. The van der Waals surface area contributed by atoms with E-state index >= 15 is 0 Å². The minimum atomic E-state index is -0.132. The van der Waals surface area contributed by atoms with E-state index in [-0.39, 0.29) is 16.9 Å². The second-order valence-corrected chi connectivity index (χ2v) is 5.19. The third-order valence-electron chi connectivity index (χ3n) is 3.46. The number of thiocarbonyl (C=S) groups is 1. The lowest BCUT2D eigenvalue weighted by atomic mass is 9.79. The Morgan fingerprint density at radius 3 is 1.80 bits per heavy atom. The van der Waals surface area contributed by atoms with Gasteiger partial charge in [-0.05, 0) is 29.8 Å². The number of benzene rings is 2. The van der Waals surface area contributed by atoms with Crippen LogP contribution in [0.4, 0.5) is 0 Å². The van der Waals surface area contributed by atoms with E-state index in [1.165, 1.54) is 0 Å². The average molecular weight is 282 g/mol. The molecule has 2 rings (SSSR count). The second kappa shape index (κ2) is 7.01. The minimum Gasteiger partial charge on any atom is -0.502 e. The molecule has 0 bridgehead atoms. The zero-order valence-electron chi connectivity index (χ0n) is 11.3. The van der Waals surface area contributed by atoms with E-state index < -0.39 is 0 Å². The van der Waals surface area contributed by atoms with Gasteiger partial charge in [0.25, 0.3) is 0 Å². The lowest BCUT2D eigenvalue weighted by Gasteiger charge is -2.25. The van der Waals surface area contributed by atoms with Gasteiger partial charge in [-0.3, -0.25) is 0 Å². The third-order valence-corrected chi connectivity index (χ3v) is 3.76. The first-order valence-corrected chi connectivity index (χ1v) is 7.08. The summed E-state index contributed by atoms with van der Waals surface area (Å²) in [6, 6.07) is 20.3.